The molecule has 0 saturated carbocycles. The molecule has 5 heteroatoms. The molecule has 0 amide bonds. The van der Waals surface area contributed by atoms with E-state index in [9.17, 15) is 9.18 Å². The molecule has 1 aromatic carbocycles. The molecule has 4 nitrogen and oxygen atoms in total. The number of alkyl halides is 1. The van der Waals surface area contributed by atoms with E-state index in [0.29, 0.717) is 5.56 Å². The van der Waals surface area contributed by atoms with E-state index >= 15 is 0 Å². The van der Waals surface area contributed by atoms with E-state index in [-0.39, 0.29) is 12.2 Å². The number of hydrogen-bond acceptors (Lipinski definition) is 3. The third-order valence-electron chi connectivity index (χ3n) is 1.85. The van der Waals surface area contributed by atoms with Gasteiger partial charge in [-0.3, -0.25) is 4.79 Å². The summed E-state index contributed by atoms with van der Waals surface area (Å²) >= 11 is 0. The Kier molecular flexibility index (Phi) is 3.07. The number of hydrogen-bond donors (Lipinski definition) is 2. The lowest BCUT2D eigenvalue weighted by atomic mass is 10.1. The number of aliphatic carboxylic acids is 1. The number of benzene rings is 1. The van der Waals surface area contributed by atoms with Crippen molar-refractivity contribution >= 4 is 5.97 Å². The Morgan fingerprint density at radius 2 is 2.20 bits per heavy atom. The normalized spacial score (nSPS) is 15.1. The van der Waals surface area contributed by atoms with Crippen LogP contribution in [0.25, 0.3) is 0 Å². The molecular weight excluding hydrogens is 201 g/mol. The molecular formula is C10H12FNO3. The van der Waals surface area contributed by atoms with Crippen molar-refractivity contribution in [1.29, 1.82) is 0 Å². The van der Waals surface area contributed by atoms with Crippen LogP contribution in [0.5, 0.6) is 5.75 Å². The Morgan fingerprint density at radius 1 is 1.60 bits per heavy atom. The predicted octanol–water partition coefficient (Wildman–Crippen LogP) is 0.947. The van der Waals surface area contributed by atoms with Crippen LogP contribution in [0.1, 0.15) is 8.30 Å². The van der Waals surface area contributed by atoms with Gasteiger partial charge < -0.3 is 15.6 Å². The van der Waals surface area contributed by atoms with Crippen LogP contribution >= 0.6 is 0 Å². The molecule has 15 heavy (non-hydrogen) atoms. The molecule has 0 saturated heterocycles. The maximum Gasteiger partial charge on any atom is 0.320 e. The first kappa shape index (κ1) is 8.67. The van der Waals surface area contributed by atoms with Crippen molar-refractivity contribution in [1.82, 2.24) is 0 Å². The molecule has 0 fully saturated rings. The van der Waals surface area contributed by atoms with Gasteiger partial charge in [-0.25, -0.2) is 4.39 Å². The van der Waals surface area contributed by atoms with Crippen molar-refractivity contribution < 1.29 is 21.8 Å². The molecule has 0 heterocycles. The highest BCUT2D eigenvalue weighted by Crippen LogP contribution is 2.13. The van der Waals surface area contributed by atoms with Gasteiger partial charge in [0.2, 0.25) is 6.81 Å². The Labute approximate surface area is 89.3 Å². The van der Waals surface area contributed by atoms with E-state index in [2.05, 4.69) is 4.74 Å². The summed E-state index contributed by atoms with van der Waals surface area (Å²) < 4.78 is 30.0. The average Bonchev–Trinajstić information content (AvgIpc) is 2.18. The minimum Gasteiger partial charge on any atom is -0.480 e. The predicted molar refractivity (Wildman–Crippen MR) is 52.4 cm³/mol. The molecule has 82 valence electrons. The van der Waals surface area contributed by atoms with E-state index in [1.165, 1.54) is 24.3 Å². The fourth-order valence-corrected chi connectivity index (χ4v) is 1.08. The second-order valence-corrected chi connectivity index (χ2v) is 2.97. The lowest BCUT2D eigenvalue weighted by molar-refractivity contribution is -0.138. The van der Waals surface area contributed by atoms with Crippen LogP contribution in [0.15, 0.2) is 24.3 Å². The number of carboxylic acid groups (broad SMARTS) is 1. The first-order chi connectivity index (χ1) is 7.78. The molecule has 0 radical (unpaired) electrons. The molecule has 0 aromatic heterocycles. The zero-order valence-corrected chi connectivity index (χ0v) is 7.81. The highest BCUT2D eigenvalue weighted by Gasteiger charge is 2.11. The van der Waals surface area contributed by atoms with Gasteiger partial charge in [-0.2, -0.15) is 0 Å². The molecule has 0 aliphatic rings. The molecule has 0 aliphatic carbocycles. The molecule has 0 bridgehead atoms. The van der Waals surface area contributed by atoms with Crippen molar-refractivity contribution in [2.24, 2.45) is 5.73 Å². The SMILES string of the molecule is [2H]C([2H])(F)Oc1ccc(C[C@H](N)C(=O)O)cc1. The number of carbonyl (C=O) groups is 1. The quantitative estimate of drug-likeness (QED) is 0.766. The Hall–Kier alpha value is -1.62. The molecule has 3 N–H and O–H groups in total. The Balaban J connectivity index is 2.65. The zero-order chi connectivity index (χ0) is 13.1. The van der Waals surface area contributed by atoms with Gasteiger partial charge in [0.1, 0.15) is 14.5 Å². The fourth-order valence-electron chi connectivity index (χ4n) is 1.08. The van der Waals surface area contributed by atoms with Crippen LogP contribution < -0.4 is 10.5 Å². The topological polar surface area (TPSA) is 72.5 Å². The molecule has 1 atom stereocenters. The third kappa shape index (κ3) is 3.55. The number of rotatable bonds is 5. The Bertz CT molecular complexity index is 392. The van der Waals surface area contributed by atoms with Crippen LogP contribution in [0, 0.1) is 0 Å². The molecule has 0 spiro atoms. The van der Waals surface area contributed by atoms with Crippen molar-refractivity contribution in [3.8, 4) is 5.75 Å². The summed E-state index contributed by atoms with van der Waals surface area (Å²) in [6, 6.07) is 4.70. The second kappa shape index (κ2) is 5.31. The molecule has 1 rings (SSSR count). The lowest BCUT2D eigenvalue weighted by Crippen LogP contribution is -2.32. The van der Waals surface area contributed by atoms with Crippen LogP contribution in [-0.4, -0.2) is 23.9 Å². The summed E-state index contributed by atoms with van der Waals surface area (Å²) in [4.78, 5) is 10.5. The largest absolute Gasteiger partial charge is 0.480 e. The summed E-state index contributed by atoms with van der Waals surface area (Å²) in [5.74, 6) is -1.09. The first-order valence-electron chi connectivity index (χ1n) is 5.23. The maximum atomic E-state index is 12.5. The van der Waals surface area contributed by atoms with Gasteiger partial charge in [-0.05, 0) is 24.1 Å². The van der Waals surface area contributed by atoms with Crippen LogP contribution in [0.4, 0.5) is 4.39 Å². The maximum absolute atomic E-state index is 12.5. The van der Waals surface area contributed by atoms with Gasteiger partial charge in [-0.15, -0.1) is 0 Å². The zero-order valence-electron chi connectivity index (χ0n) is 9.81. The summed E-state index contributed by atoms with van der Waals surface area (Å²) in [6.07, 6.45) is 0.137. The van der Waals surface area contributed by atoms with Gasteiger partial charge in [0, 0.05) is 0 Å². The average molecular weight is 215 g/mol. The van der Waals surface area contributed by atoms with Gasteiger partial charge >= 0.3 is 5.97 Å². The monoisotopic (exact) mass is 215 g/mol. The highest BCUT2D eigenvalue weighted by atomic mass is 19.1. The minimum absolute atomic E-state index is 0.0187. The summed E-state index contributed by atoms with van der Waals surface area (Å²) in [7, 11) is 0. The summed E-state index contributed by atoms with van der Waals surface area (Å²) in [5.41, 5.74) is 5.98. The van der Waals surface area contributed by atoms with E-state index in [0.717, 1.165) is 0 Å². The number of carboxylic acids is 1. The van der Waals surface area contributed by atoms with Gasteiger partial charge in [0.05, 0.1) is 0 Å². The second-order valence-electron chi connectivity index (χ2n) is 2.97. The van der Waals surface area contributed by atoms with E-state index in [1.54, 1.807) is 0 Å². The van der Waals surface area contributed by atoms with Crippen LogP contribution in [-0.2, 0) is 11.2 Å². The molecule has 0 unspecified atom stereocenters. The standard InChI is InChI=1S/C10H12FNO3/c11-6-15-8-3-1-7(2-4-8)5-9(12)10(13)14/h1-4,9H,5-6,12H2,(H,13,14)/t9-/m0/s1/i6D2. The van der Waals surface area contributed by atoms with Gasteiger partial charge in [-0.1, -0.05) is 12.1 Å². The van der Waals surface area contributed by atoms with Crippen molar-refractivity contribution in [2.45, 2.75) is 12.5 Å². The first-order valence-corrected chi connectivity index (χ1v) is 4.23. The van der Waals surface area contributed by atoms with Crippen LogP contribution in [0.2, 0.25) is 0 Å². The number of nitrogens with two attached hydrogens (primary N) is 1. The van der Waals surface area contributed by atoms with Crippen molar-refractivity contribution in [2.75, 3.05) is 6.81 Å². The Morgan fingerprint density at radius 3 is 2.67 bits per heavy atom. The van der Waals surface area contributed by atoms with E-state index in [4.69, 9.17) is 13.6 Å². The van der Waals surface area contributed by atoms with E-state index < -0.39 is 18.8 Å². The van der Waals surface area contributed by atoms with E-state index in [1.807, 2.05) is 0 Å². The number of halogens is 1. The minimum atomic E-state index is -3.24. The van der Waals surface area contributed by atoms with Crippen molar-refractivity contribution in [3.63, 3.8) is 0 Å². The summed E-state index contributed by atoms with van der Waals surface area (Å²) in [6.45, 7) is -3.24. The van der Waals surface area contributed by atoms with Crippen molar-refractivity contribution in [3.05, 3.63) is 29.8 Å². The smallest absolute Gasteiger partial charge is 0.320 e. The summed E-state index contributed by atoms with van der Waals surface area (Å²) in [5, 5.41) is 8.60. The van der Waals surface area contributed by atoms with Gasteiger partial charge in [0.25, 0.3) is 0 Å². The molecule has 0 aliphatic heterocycles. The highest BCUT2D eigenvalue weighted by molar-refractivity contribution is 5.73. The van der Waals surface area contributed by atoms with Gasteiger partial charge in [0.15, 0.2) is 0 Å². The van der Waals surface area contributed by atoms with Crippen LogP contribution in [0.3, 0.4) is 0 Å². The molecule has 1 aromatic rings. The third-order valence-corrected chi connectivity index (χ3v) is 1.85. The lowest BCUT2D eigenvalue weighted by Gasteiger charge is -2.07. The fraction of sp³-hybridized carbons (Fsp3) is 0.300. The number of ether oxygens (including phenoxy) is 1.